The van der Waals surface area contributed by atoms with Crippen LogP contribution in [0.4, 0.5) is 0 Å². The minimum absolute atomic E-state index is 0.549. The molecule has 2 nitrogen and oxygen atoms in total. The average Bonchev–Trinajstić information content (AvgIpc) is 2.68. The highest BCUT2D eigenvalue weighted by molar-refractivity contribution is 5.77. The molecule has 1 N–H and O–H groups in total. The number of hydrogen-bond donors (Lipinski definition) is 1. The third kappa shape index (κ3) is 3.34. The molecule has 0 spiro atoms. The minimum Gasteiger partial charge on any atom is -0.461 e. The van der Waals surface area contributed by atoms with Gasteiger partial charge in [0.25, 0.3) is 0 Å². The molecule has 0 saturated heterocycles. The molecule has 1 unspecified atom stereocenters. The Bertz CT molecular complexity index is 439. The number of nitrogens with one attached hydrogen (secondary N) is 1. The Balaban J connectivity index is 1.98. The van der Waals surface area contributed by atoms with Gasteiger partial charge in [-0.1, -0.05) is 39.0 Å². The van der Waals surface area contributed by atoms with Gasteiger partial charge >= 0.3 is 0 Å². The van der Waals surface area contributed by atoms with Gasteiger partial charge in [-0.3, -0.25) is 0 Å². The maximum atomic E-state index is 5.82. The Morgan fingerprint density at radius 3 is 2.65 bits per heavy atom. The average molecular weight is 231 g/mol. The van der Waals surface area contributed by atoms with Crippen LogP contribution in [0.2, 0.25) is 0 Å². The third-order valence-corrected chi connectivity index (χ3v) is 2.90. The highest BCUT2D eigenvalue weighted by atomic mass is 16.3. The second kappa shape index (κ2) is 5.37. The first-order chi connectivity index (χ1) is 8.15. The van der Waals surface area contributed by atoms with Crippen molar-refractivity contribution in [2.45, 2.75) is 33.2 Å². The smallest absolute Gasteiger partial charge is 0.134 e. The lowest BCUT2D eigenvalue weighted by molar-refractivity contribution is 0.436. The van der Waals surface area contributed by atoms with Crippen molar-refractivity contribution < 1.29 is 4.42 Å². The molecule has 0 saturated carbocycles. The molecule has 17 heavy (non-hydrogen) atoms. The van der Waals surface area contributed by atoms with E-state index >= 15 is 0 Å². The molecule has 0 aliphatic rings. The normalized spacial score (nSPS) is 13.4. The summed E-state index contributed by atoms with van der Waals surface area (Å²) in [6.45, 7) is 7.64. The Kier molecular flexibility index (Phi) is 3.85. The maximum absolute atomic E-state index is 5.82. The molecule has 1 heterocycles. The topological polar surface area (TPSA) is 25.2 Å². The van der Waals surface area contributed by atoms with Gasteiger partial charge in [0.15, 0.2) is 0 Å². The third-order valence-electron chi connectivity index (χ3n) is 2.90. The summed E-state index contributed by atoms with van der Waals surface area (Å²) in [6.07, 6.45) is 0.994. The second-order valence-electron chi connectivity index (χ2n) is 5.12. The summed E-state index contributed by atoms with van der Waals surface area (Å²) in [5.74, 6) is 1.68. The quantitative estimate of drug-likeness (QED) is 0.850. The van der Waals surface area contributed by atoms with Crippen LogP contribution < -0.4 is 5.32 Å². The van der Waals surface area contributed by atoms with Gasteiger partial charge in [0, 0.05) is 17.8 Å². The van der Waals surface area contributed by atoms with Crippen LogP contribution >= 0.6 is 0 Å². The molecule has 0 bridgehead atoms. The predicted molar refractivity (Wildman–Crippen MR) is 72.2 cm³/mol. The summed E-state index contributed by atoms with van der Waals surface area (Å²) in [4.78, 5) is 0. The van der Waals surface area contributed by atoms with Crippen molar-refractivity contribution in [3.05, 3.63) is 36.1 Å². The van der Waals surface area contributed by atoms with Gasteiger partial charge in [-0.15, -0.1) is 0 Å². The SMILES string of the molecule is CC(CNC(C)C)Cc1cc2ccccc2o1. The van der Waals surface area contributed by atoms with Crippen LogP contribution in [0.3, 0.4) is 0 Å². The van der Waals surface area contributed by atoms with Crippen LogP contribution in [-0.2, 0) is 6.42 Å². The molecule has 0 aliphatic heterocycles. The zero-order valence-electron chi connectivity index (χ0n) is 10.9. The molecule has 92 valence electrons. The van der Waals surface area contributed by atoms with E-state index in [0.29, 0.717) is 12.0 Å². The summed E-state index contributed by atoms with van der Waals surface area (Å²) in [5, 5.41) is 4.66. The molecular weight excluding hydrogens is 210 g/mol. The highest BCUT2D eigenvalue weighted by Gasteiger charge is 2.08. The first-order valence-corrected chi connectivity index (χ1v) is 6.36. The van der Waals surface area contributed by atoms with Gasteiger partial charge < -0.3 is 9.73 Å². The molecule has 2 aromatic rings. The molecule has 0 aliphatic carbocycles. The van der Waals surface area contributed by atoms with Crippen LogP contribution in [0.1, 0.15) is 26.5 Å². The van der Waals surface area contributed by atoms with Gasteiger partial charge in [-0.2, -0.15) is 0 Å². The van der Waals surface area contributed by atoms with E-state index < -0.39 is 0 Å². The number of para-hydroxylation sites is 1. The van der Waals surface area contributed by atoms with Crippen molar-refractivity contribution in [3.63, 3.8) is 0 Å². The van der Waals surface area contributed by atoms with Crippen LogP contribution in [0.25, 0.3) is 11.0 Å². The van der Waals surface area contributed by atoms with Crippen molar-refractivity contribution in [3.8, 4) is 0 Å². The number of furan rings is 1. The van der Waals surface area contributed by atoms with Crippen LogP contribution in [0.15, 0.2) is 34.7 Å². The molecule has 0 fully saturated rings. The van der Waals surface area contributed by atoms with Gasteiger partial charge in [0.1, 0.15) is 11.3 Å². The van der Waals surface area contributed by atoms with E-state index in [-0.39, 0.29) is 0 Å². The molecule has 1 aromatic heterocycles. The minimum atomic E-state index is 0.549. The summed E-state index contributed by atoms with van der Waals surface area (Å²) in [5.41, 5.74) is 0.992. The zero-order valence-corrected chi connectivity index (χ0v) is 10.9. The number of fused-ring (bicyclic) bond motifs is 1. The second-order valence-corrected chi connectivity index (χ2v) is 5.12. The first-order valence-electron chi connectivity index (χ1n) is 6.36. The largest absolute Gasteiger partial charge is 0.461 e. The Labute approximate surface area is 103 Å². The van der Waals surface area contributed by atoms with Crippen LogP contribution in [-0.4, -0.2) is 12.6 Å². The fourth-order valence-electron chi connectivity index (χ4n) is 1.99. The maximum Gasteiger partial charge on any atom is 0.134 e. The monoisotopic (exact) mass is 231 g/mol. The molecular formula is C15H21NO. The summed E-state index contributed by atoms with van der Waals surface area (Å²) < 4.78 is 5.82. The lowest BCUT2D eigenvalue weighted by atomic mass is 10.1. The molecule has 1 atom stereocenters. The fraction of sp³-hybridized carbons (Fsp3) is 0.467. The van der Waals surface area contributed by atoms with E-state index in [1.165, 1.54) is 5.39 Å². The Hall–Kier alpha value is -1.28. The predicted octanol–water partition coefficient (Wildman–Crippen LogP) is 3.61. The van der Waals surface area contributed by atoms with E-state index in [2.05, 4.69) is 38.2 Å². The number of benzene rings is 1. The van der Waals surface area contributed by atoms with Crippen molar-refractivity contribution in [1.29, 1.82) is 0 Å². The lowest BCUT2D eigenvalue weighted by Gasteiger charge is -2.13. The lowest BCUT2D eigenvalue weighted by Crippen LogP contribution is -2.28. The van der Waals surface area contributed by atoms with Gasteiger partial charge in [-0.25, -0.2) is 0 Å². The zero-order chi connectivity index (χ0) is 12.3. The van der Waals surface area contributed by atoms with E-state index in [0.717, 1.165) is 24.3 Å². The van der Waals surface area contributed by atoms with Gasteiger partial charge in [0.05, 0.1) is 0 Å². The van der Waals surface area contributed by atoms with Gasteiger partial charge in [-0.05, 0) is 24.6 Å². The Morgan fingerprint density at radius 2 is 1.94 bits per heavy atom. The number of hydrogen-bond acceptors (Lipinski definition) is 2. The fourth-order valence-corrected chi connectivity index (χ4v) is 1.99. The molecule has 0 amide bonds. The van der Waals surface area contributed by atoms with E-state index in [4.69, 9.17) is 4.42 Å². The van der Waals surface area contributed by atoms with E-state index in [1.807, 2.05) is 18.2 Å². The summed E-state index contributed by atoms with van der Waals surface area (Å²) in [7, 11) is 0. The summed E-state index contributed by atoms with van der Waals surface area (Å²) in [6, 6.07) is 10.9. The van der Waals surface area contributed by atoms with Crippen molar-refractivity contribution >= 4 is 11.0 Å². The molecule has 2 rings (SSSR count). The molecule has 2 heteroatoms. The first kappa shape index (κ1) is 12.2. The standard InChI is InChI=1S/C15H21NO/c1-11(2)16-10-12(3)8-14-9-13-6-4-5-7-15(13)17-14/h4-7,9,11-12,16H,8,10H2,1-3H3. The van der Waals surface area contributed by atoms with Crippen molar-refractivity contribution in [1.82, 2.24) is 5.32 Å². The van der Waals surface area contributed by atoms with E-state index in [9.17, 15) is 0 Å². The van der Waals surface area contributed by atoms with Gasteiger partial charge in [0.2, 0.25) is 0 Å². The van der Waals surface area contributed by atoms with Crippen LogP contribution in [0, 0.1) is 5.92 Å². The number of rotatable bonds is 5. The van der Waals surface area contributed by atoms with Crippen molar-refractivity contribution in [2.75, 3.05) is 6.54 Å². The Morgan fingerprint density at radius 1 is 1.18 bits per heavy atom. The highest BCUT2D eigenvalue weighted by Crippen LogP contribution is 2.20. The van der Waals surface area contributed by atoms with Crippen LogP contribution in [0.5, 0.6) is 0 Å². The van der Waals surface area contributed by atoms with E-state index in [1.54, 1.807) is 0 Å². The molecule has 0 radical (unpaired) electrons. The van der Waals surface area contributed by atoms with Crippen molar-refractivity contribution in [2.24, 2.45) is 5.92 Å². The molecule has 1 aromatic carbocycles. The summed E-state index contributed by atoms with van der Waals surface area (Å²) >= 11 is 0.